The molecule has 0 amide bonds. The van der Waals surface area contributed by atoms with Gasteiger partial charge in [0.25, 0.3) is 0 Å². The molecule has 2 heteroatoms. The van der Waals surface area contributed by atoms with Crippen LogP contribution in [0.5, 0.6) is 0 Å². The van der Waals surface area contributed by atoms with Crippen molar-refractivity contribution in [2.24, 2.45) is 5.73 Å². The van der Waals surface area contributed by atoms with Crippen LogP contribution in [0.3, 0.4) is 0 Å². The van der Waals surface area contributed by atoms with Crippen molar-refractivity contribution < 1.29 is 4.74 Å². The maximum absolute atomic E-state index is 6.04. The maximum atomic E-state index is 6.04. The molecule has 0 radical (unpaired) electrons. The molecular weight excluding hydrogens is 198 g/mol. The number of hydrogen-bond donors (Lipinski definition) is 1. The summed E-state index contributed by atoms with van der Waals surface area (Å²) in [6.45, 7) is 7.88. The molecule has 0 aromatic heterocycles. The Balaban J connectivity index is 2.52. The lowest BCUT2D eigenvalue weighted by Gasteiger charge is -2.13. The summed E-state index contributed by atoms with van der Waals surface area (Å²) in [5.41, 5.74) is 8.54. The van der Waals surface area contributed by atoms with Crippen LogP contribution in [0.2, 0.25) is 0 Å². The first-order chi connectivity index (χ1) is 7.65. The Morgan fingerprint density at radius 2 is 1.69 bits per heavy atom. The zero-order valence-corrected chi connectivity index (χ0v) is 10.6. The molecule has 1 aromatic rings. The highest BCUT2D eigenvalue weighted by atomic mass is 16.5. The summed E-state index contributed by atoms with van der Waals surface area (Å²) in [6, 6.07) is 8.51. The Bertz CT molecular complexity index is 292. The second-order valence-electron chi connectivity index (χ2n) is 4.50. The van der Waals surface area contributed by atoms with Crippen molar-refractivity contribution in [1.29, 1.82) is 0 Å². The third-order valence-electron chi connectivity index (χ3n) is 2.68. The first kappa shape index (κ1) is 13.2. The molecule has 0 aliphatic carbocycles. The maximum Gasteiger partial charge on any atom is 0.0659 e. The number of ether oxygens (including phenoxy) is 1. The summed E-state index contributed by atoms with van der Waals surface area (Å²) in [5.74, 6) is 0.571. The van der Waals surface area contributed by atoms with Crippen LogP contribution >= 0.6 is 0 Å². The Morgan fingerprint density at radius 3 is 2.19 bits per heavy atom. The molecule has 1 atom stereocenters. The first-order valence-electron chi connectivity index (χ1n) is 6.08. The van der Waals surface area contributed by atoms with E-state index in [-0.39, 0.29) is 6.04 Å². The van der Waals surface area contributed by atoms with Gasteiger partial charge in [-0.25, -0.2) is 0 Å². The van der Waals surface area contributed by atoms with Gasteiger partial charge in [0, 0.05) is 6.61 Å². The van der Waals surface area contributed by atoms with Crippen LogP contribution in [0.15, 0.2) is 24.3 Å². The Morgan fingerprint density at radius 1 is 1.12 bits per heavy atom. The fourth-order valence-electron chi connectivity index (χ4n) is 1.58. The minimum Gasteiger partial charge on any atom is -0.379 e. The monoisotopic (exact) mass is 221 g/mol. The van der Waals surface area contributed by atoms with Gasteiger partial charge in [-0.15, -0.1) is 0 Å². The summed E-state index contributed by atoms with van der Waals surface area (Å²) >= 11 is 0. The predicted molar refractivity (Wildman–Crippen MR) is 68.6 cm³/mol. The summed E-state index contributed by atoms with van der Waals surface area (Å²) in [6.07, 6.45) is 1.04. The minimum atomic E-state index is -0.00670. The highest BCUT2D eigenvalue weighted by Gasteiger charge is 2.06. The molecule has 2 nitrogen and oxygen atoms in total. The van der Waals surface area contributed by atoms with Gasteiger partial charge in [0.05, 0.1) is 12.6 Å². The van der Waals surface area contributed by atoms with Crippen LogP contribution in [-0.2, 0) is 4.74 Å². The molecule has 1 rings (SSSR count). The minimum absolute atomic E-state index is 0.00670. The van der Waals surface area contributed by atoms with E-state index in [0.717, 1.165) is 18.6 Å². The molecule has 1 aromatic carbocycles. The Labute approximate surface area is 98.8 Å². The van der Waals surface area contributed by atoms with E-state index in [1.807, 2.05) is 0 Å². The molecule has 0 saturated heterocycles. The van der Waals surface area contributed by atoms with E-state index in [9.17, 15) is 0 Å². The van der Waals surface area contributed by atoms with Gasteiger partial charge >= 0.3 is 0 Å². The van der Waals surface area contributed by atoms with Gasteiger partial charge < -0.3 is 10.5 Å². The van der Waals surface area contributed by atoms with Crippen LogP contribution in [0.25, 0.3) is 0 Å². The number of hydrogen-bond acceptors (Lipinski definition) is 2. The molecule has 0 aliphatic heterocycles. The lowest BCUT2D eigenvalue weighted by Crippen LogP contribution is -2.17. The van der Waals surface area contributed by atoms with Gasteiger partial charge in [-0.05, 0) is 23.5 Å². The standard InChI is InChI=1S/C14H23NO/c1-4-9-16-10-14(15)13-7-5-12(6-8-13)11(2)3/h5-8,11,14H,4,9-10,15H2,1-3H3. The molecule has 90 valence electrons. The van der Waals surface area contributed by atoms with Crippen LogP contribution < -0.4 is 5.73 Å². The second kappa shape index (κ2) is 6.66. The SMILES string of the molecule is CCCOCC(N)c1ccc(C(C)C)cc1. The molecule has 0 fully saturated rings. The van der Waals surface area contributed by atoms with Gasteiger partial charge in [0.15, 0.2) is 0 Å². The average Bonchev–Trinajstić information content (AvgIpc) is 2.29. The van der Waals surface area contributed by atoms with Gasteiger partial charge in [-0.1, -0.05) is 45.0 Å². The topological polar surface area (TPSA) is 35.2 Å². The summed E-state index contributed by atoms with van der Waals surface area (Å²) in [4.78, 5) is 0. The van der Waals surface area contributed by atoms with Crippen LogP contribution in [0.4, 0.5) is 0 Å². The average molecular weight is 221 g/mol. The lowest BCUT2D eigenvalue weighted by atomic mass is 10.00. The summed E-state index contributed by atoms with van der Waals surface area (Å²) in [7, 11) is 0. The van der Waals surface area contributed by atoms with Crippen molar-refractivity contribution in [1.82, 2.24) is 0 Å². The van der Waals surface area contributed by atoms with E-state index in [4.69, 9.17) is 10.5 Å². The van der Waals surface area contributed by atoms with Gasteiger partial charge in [-0.2, -0.15) is 0 Å². The third kappa shape index (κ3) is 3.95. The largest absolute Gasteiger partial charge is 0.379 e. The molecule has 0 bridgehead atoms. The zero-order chi connectivity index (χ0) is 12.0. The van der Waals surface area contributed by atoms with E-state index in [2.05, 4.69) is 45.0 Å². The van der Waals surface area contributed by atoms with Crippen molar-refractivity contribution in [2.45, 2.75) is 39.2 Å². The molecule has 0 heterocycles. The van der Waals surface area contributed by atoms with E-state index >= 15 is 0 Å². The van der Waals surface area contributed by atoms with Gasteiger partial charge in [0.1, 0.15) is 0 Å². The number of nitrogens with two attached hydrogens (primary N) is 1. The quantitative estimate of drug-likeness (QED) is 0.748. The fraction of sp³-hybridized carbons (Fsp3) is 0.571. The summed E-state index contributed by atoms with van der Waals surface area (Å²) < 4.78 is 5.45. The zero-order valence-electron chi connectivity index (χ0n) is 10.6. The van der Waals surface area contributed by atoms with Crippen molar-refractivity contribution >= 4 is 0 Å². The fourth-order valence-corrected chi connectivity index (χ4v) is 1.58. The van der Waals surface area contributed by atoms with Crippen molar-refractivity contribution in [3.63, 3.8) is 0 Å². The second-order valence-corrected chi connectivity index (χ2v) is 4.50. The first-order valence-corrected chi connectivity index (χ1v) is 6.08. The Kier molecular flexibility index (Phi) is 5.50. The third-order valence-corrected chi connectivity index (χ3v) is 2.68. The molecule has 1 unspecified atom stereocenters. The molecule has 2 N–H and O–H groups in total. The van der Waals surface area contributed by atoms with E-state index in [0.29, 0.717) is 12.5 Å². The molecule has 0 spiro atoms. The van der Waals surface area contributed by atoms with Gasteiger partial charge in [0.2, 0.25) is 0 Å². The predicted octanol–water partition coefficient (Wildman–Crippen LogP) is 3.24. The van der Waals surface area contributed by atoms with E-state index < -0.39 is 0 Å². The van der Waals surface area contributed by atoms with Crippen molar-refractivity contribution in [3.8, 4) is 0 Å². The van der Waals surface area contributed by atoms with Crippen molar-refractivity contribution in [3.05, 3.63) is 35.4 Å². The smallest absolute Gasteiger partial charge is 0.0659 e. The molecule has 0 aliphatic rings. The highest BCUT2D eigenvalue weighted by molar-refractivity contribution is 5.26. The van der Waals surface area contributed by atoms with Gasteiger partial charge in [-0.3, -0.25) is 0 Å². The van der Waals surface area contributed by atoms with E-state index in [1.165, 1.54) is 5.56 Å². The van der Waals surface area contributed by atoms with E-state index in [1.54, 1.807) is 0 Å². The molecular formula is C14H23NO. The lowest BCUT2D eigenvalue weighted by molar-refractivity contribution is 0.121. The molecule has 0 saturated carbocycles. The van der Waals surface area contributed by atoms with Crippen LogP contribution in [0.1, 0.15) is 50.3 Å². The van der Waals surface area contributed by atoms with Crippen LogP contribution in [0, 0.1) is 0 Å². The highest BCUT2D eigenvalue weighted by Crippen LogP contribution is 2.17. The van der Waals surface area contributed by atoms with Crippen LogP contribution in [-0.4, -0.2) is 13.2 Å². The summed E-state index contributed by atoms with van der Waals surface area (Å²) in [5, 5.41) is 0. The Hall–Kier alpha value is -0.860. The number of rotatable bonds is 6. The normalized spacial score (nSPS) is 13.1. The van der Waals surface area contributed by atoms with Crippen molar-refractivity contribution in [2.75, 3.05) is 13.2 Å². The molecule has 16 heavy (non-hydrogen) atoms. The number of benzene rings is 1.